The van der Waals surface area contributed by atoms with Crippen LogP contribution in [0.2, 0.25) is 0 Å². The van der Waals surface area contributed by atoms with Crippen LogP contribution in [0.5, 0.6) is 5.19 Å². The molecule has 0 atom stereocenters. The van der Waals surface area contributed by atoms with Crippen LogP contribution in [0.4, 0.5) is 5.69 Å². The molecule has 0 spiro atoms. The molecule has 1 N–H and O–H groups in total. The van der Waals surface area contributed by atoms with E-state index in [1.165, 1.54) is 22.7 Å². The molecule has 8 heteroatoms. The average molecular weight is 340 g/mol. The van der Waals surface area contributed by atoms with E-state index in [4.69, 9.17) is 4.74 Å². The molecule has 1 aromatic carbocycles. The van der Waals surface area contributed by atoms with Crippen molar-refractivity contribution >= 4 is 48.6 Å². The highest BCUT2D eigenvalue weighted by atomic mass is 32.2. The minimum atomic E-state index is -3.54. The van der Waals surface area contributed by atoms with E-state index in [-0.39, 0.29) is 0 Å². The maximum atomic E-state index is 12.3. The van der Waals surface area contributed by atoms with Gasteiger partial charge in [0.15, 0.2) is 0 Å². The minimum Gasteiger partial charge on any atom is -0.473 e. The maximum Gasteiger partial charge on any atom is 0.274 e. The number of hydrogen-bond acceptors (Lipinski definition) is 6. The third kappa shape index (κ3) is 2.87. The molecule has 2 aromatic heterocycles. The number of methoxy groups -OCH3 is 1. The number of nitrogens with zero attached hydrogens (tertiary/aromatic N) is 1. The Bertz CT molecular complexity index is 896. The summed E-state index contributed by atoms with van der Waals surface area (Å²) in [6, 6.07) is 8.62. The van der Waals surface area contributed by atoms with Crippen molar-refractivity contribution in [3.63, 3.8) is 0 Å². The van der Waals surface area contributed by atoms with Gasteiger partial charge in [-0.2, -0.15) is 0 Å². The van der Waals surface area contributed by atoms with Crippen molar-refractivity contribution in [2.24, 2.45) is 0 Å². The summed E-state index contributed by atoms with van der Waals surface area (Å²) >= 11 is 2.62. The highest BCUT2D eigenvalue weighted by molar-refractivity contribution is 7.94. The van der Waals surface area contributed by atoms with E-state index in [2.05, 4.69) is 9.71 Å². The van der Waals surface area contributed by atoms with E-state index in [9.17, 15) is 8.42 Å². The van der Waals surface area contributed by atoms with Gasteiger partial charge in [0, 0.05) is 4.88 Å². The predicted molar refractivity (Wildman–Crippen MR) is 86.0 cm³/mol. The first-order valence-corrected chi connectivity index (χ1v) is 9.13. The van der Waals surface area contributed by atoms with Crippen molar-refractivity contribution in [1.82, 2.24) is 4.98 Å². The van der Waals surface area contributed by atoms with Crippen molar-refractivity contribution in [3.05, 3.63) is 35.2 Å². The van der Waals surface area contributed by atoms with Gasteiger partial charge in [-0.3, -0.25) is 4.72 Å². The summed E-state index contributed by atoms with van der Waals surface area (Å²) in [6.45, 7) is 1.87. The first-order chi connectivity index (χ1) is 9.98. The van der Waals surface area contributed by atoms with Gasteiger partial charge in [-0.15, -0.1) is 11.3 Å². The Morgan fingerprint density at radius 2 is 2.00 bits per heavy atom. The zero-order chi connectivity index (χ0) is 15.0. The number of ether oxygens (including phenoxy) is 1. The molecule has 3 aromatic rings. The fourth-order valence-electron chi connectivity index (χ4n) is 1.82. The van der Waals surface area contributed by atoms with Gasteiger partial charge in [0.05, 0.1) is 23.0 Å². The van der Waals surface area contributed by atoms with Crippen LogP contribution < -0.4 is 9.46 Å². The van der Waals surface area contributed by atoms with Crippen molar-refractivity contribution in [2.45, 2.75) is 11.1 Å². The Kier molecular flexibility index (Phi) is 3.60. The Morgan fingerprint density at radius 3 is 2.67 bits per heavy atom. The second-order valence-corrected chi connectivity index (χ2v) is 8.53. The van der Waals surface area contributed by atoms with E-state index in [0.29, 0.717) is 15.1 Å². The van der Waals surface area contributed by atoms with E-state index in [1.807, 2.05) is 6.92 Å². The minimum absolute atomic E-state index is 0.307. The van der Waals surface area contributed by atoms with Crippen LogP contribution in [-0.4, -0.2) is 20.5 Å². The second kappa shape index (κ2) is 5.28. The van der Waals surface area contributed by atoms with Crippen molar-refractivity contribution in [1.29, 1.82) is 0 Å². The molecular weight excluding hydrogens is 328 g/mol. The first kappa shape index (κ1) is 14.3. The number of hydrogen-bond donors (Lipinski definition) is 1. The topological polar surface area (TPSA) is 68.3 Å². The van der Waals surface area contributed by atoms with Crippen molar-refractivity contribution in [2.75, 3.05) is 11.8 Å². The molecule has 0 aliphatic heterocycles. The smallest absolute Gasteiger partial charge is 0.274 e. The number of aryl methyl sites for hydroxylation is 1. The number of thiazole rings is 1. The summed E-state index contributed by atoms with van der Waals surface area (Å²) in [5.41, 5.74) is 1.30. The molecule has 21 heavy (non-hydrogen) atoms. The van der Waals surface area contributed by atoms with Crippen LogP contribution in [0.3, 0.4) is 0 Å². The van der Waals surface area contributed by atoms with Gasteiger partial charge in [0.1, 0.15) is 4.21 Å². The number of rotatable bonds is 4. The summed E-state index contributed by atoms with van der Waals surface area (Å²) in [7, 11) is -1.98. The summed E-state index contributed by atoms with van der Waals surface area (Å²) in [5.74, 6) is 0. The predicted octanol–water partition coefficient (Wildman–Crippen LogP) is 3.48. The molecule has 2 heterocycles. The zero-order valence-electron chi connectivity index (χ0n) is 11.3. The SMILES string of the molecule is COc1nc2ccc(NS(=O)(=O)c3ccc(C)s3)cc2s1. The van der Waals surface area contributed by atoms with E-state index in [0.717, 1.165) is 15.1 Å². The number of fused-ring (bicyclic) bond motifs is 1. The number of anilines is 1. The average Bonchev–Trinajstić information content (AvgIpc) is 3.03. The molecule has 0 saturated carbocycles. The Hall–Kier alpha value is -1.64. The van der Waals surface area contributed by atoms with Crippen LogP contribution in [0, 0.1) is 6.92 Å². The summed E-state index contributed by atoms with van der Waals surface area (Å²) < 4.78 is 33.4. The van der Waals surface area contributed by atoms with Gasteiger partial charge in [-0.25, -0.2) is 13.4 Å². The van der Waals surface area contributed by atoms with Crippen molar-refractivity contribution in [3.8, 4) is 5.19 Å². The lowest BCUT2D eigenvalue weighted by molar-refractivity contribution is 0.413. The largest absolute Gasteiger partial charge is 0.473 e. The molecule has 0 amide bonds. The number of benzene rings is 1. The molecule has 0 saturated heterocycles. The van der Waals surface area contributed by atoms with Crippen LogP contribution in [0.15, 0.2) is 34.5 Å². The Balaban J connectivity index is 1.94. The molecule has 0 fully saturated rings. The number of thiophene rings is 1. The third-order valence-corrected chi connectivity index (χ3v) is 6.63. The van der Waals surface area contributed by atoms with Crippen LogP contribution >= 0.6 is 22.7 Å². The quantitative estimate of drug-likeness (QED) is 0.789. The van der Waals surface area contributed by atoms with Gasteiger partial charge in [-0.05, 0) is 37.3 Å². The third-order valence-electron chi connectivity index (χ3n) is 2.78. The van der Waals surface area contributed by atoms with Gasteiger partial charge in [-0.1, -0.05) is 11.3 Å². The Morgan fingerprint density at radius 1 is 1.19 bits per heavy atom. The fraction of sp³-hybridized carbons (Fsp3) is 0.154. The number of nitrogens with one attached hydrogen (secondary N) is 1. The molecule has 0 unspecified atom stereocenters. The monoisotopic (exact) mass is 340 g/mol. The lowest BCUT2D eigenvalue weighted by Crippen LogP contribution is -2.11. The van der Waals surface area contributed by atoms with E-state index in [1.54, 1.807) is 37.4 Å². The molecule has 5 nitrogen and oxygen atoms in total. The highest BCUT2D eigenvalue weighted by Gasteiger charge is 2.16. The first-order valence-electron chi connectivity index (χ1n) is 6.02. The fourth-order valence-corrected chi connectivity index (χ4v) is 4.97. The summed E-state index contributed by atoms with van der Waals surface area (Å²) in [6.07, 6.45) is 0. The van der Waals surface area contributed by atoms with Gasteiger partial charge >= 0.3 is 0 Å². The molecule has 0 radical (unpaired) electrons. The Labute approximate surface area is 130 Å². The second-order valence-electron chi connectivity index (χ2n) is 4.34. The van der Waals surface area contributed by atoms with Gasteiger partial charge < -0.3 is 4.74 Å². The number of aromatic nitrogens is 1. The molecule has 0 aliphatic rings. The highest BCUT2D eigenvalue weighted by Crippen LogP contribution is 2.31. The van der Waals surface area contributed by atoms with Crippen LogP contribution in [-0.2, 0) is 10.0 Å². The van der Waals surface area contributed by atoms with Crippen LogP contribution in [0.25, 0.3) is 10.2 Å². The zero-order valence-corrected chi connectivity index (χ0v) is 13.7. The lowest BCUT2D eigenvalue weighted by Gasteiger charge is -2.05. The maximum absolute atomic E-state index is 12.3. The standard InChI is InChI=1S/C13H12N2O3S3/c1-8-3-6-12(19-8)21(16,17)15-9-4-5-10-11(7-9)20-13(14-10)18-2/h3-7,15H,1-2H3. The molecule has 0 aliphatic carbocycles. The van der Waals surface area contributed by atoms with E-state index < -0.39 is 10.0 Å². The molecule has 3 rings (SSSR count). The molecular formula is C13H12N2O3S3. The summed E-state index contributed by atoms with van der Waals surface area (Å²) in [5, 5.41) is 0.555. The molecule has 110 valence electrons. The lowest BCUT2D eigenvalue weighted by atomic mass is 10.3. The van der Waals surface area contributed by atoms with Crippen molar-refractivity contribution < 1.29 is 13.2 Å². The normalized spacial score (nSPS) is 11.7. The van der Waals surface area contributed by atoms with E-state index >= 15 is 0 Å². The van der Waals surface area contributed by atoms with Crippen LogP contribution in [0.1, 0.15) is 4.88 Å². The number of sulfonamides is 1. The molecule has 0 bridgehead atoms. The van der Waals surface area contributed by atoms with Gasteiger partial charge in [0.2, 0.25) is 0 Å². The van der Waals surface area contributed by atoms with Gasteiger partial charge in [0.25, 0.3) is 15.2 Å². The summed E-state index contributed by atoms with van der Waals surface area (Å²) in [4.78, 5) is 5.21.